The number of halogens is 3. The van der Waals surface area contributed by atoms with Crippen molar-refractivity contribution in [2.45, 2.75) is 38.8 Å². The van der Waals surface area contributed by atoms with Gasteiger partial charge in [-0.15, -0.1) is 0 Å². The van der Waals surface area contributed by atoms with E-state index in [-0.39, 0.29) is 23.5 Å². The Hall–Kier alpha value is -3.73. The van der Waals surface area contributed by atoms with Gasteiger partial charge in [0, 0.05) is 55.4 Å². The minimum atomic E-state index is -1.22. The van der Waals surface area contributed by atoms with Crippen LogP contribution in [0.25, 0.3) is 11.1 Å². The zero-order valence-electron chi connectivity index (χ0n) is 26.1. The van der Waals surface area contributed by atoms with Gasteiger partial charge in [-0.3, -0.25) is 9.69 Å². The lowest BCUT2D eigenvalue weighted by molar-refractivity contribution is -0.137. The molecule has 2 aliphatic rings. The first-order chi connectivity index (χ1) is 22.2. The lowest BCUT2D eigenvalue weighted by Crippen LogP contribution is -2.58. The van der Waals surface area contributed by atoms with Gasteiger partial charge in [0.05, 0.1) is 6.61 Å². The molecule has 46 heavy (non-hydrogen) atoms. The number of ether oxygens (including phenoxy) is 1. The van der Waals surface area contributed by atoms with Gasteiger partial charge >= 0.3 is 6.09 Å². The van der Waals surface area contributed by atoms with Crippen molar-refractivity contribution in [2.24, 2.45) is 5.92 Å². The minimum Gasteiger partial charge on any atom is -0.493 e. The third kappa shape index (κ3) is 8.34. The molecule has 0 bridgehead atoms. The molecule has 246 valence electrons. The van der Waals surface area contributed by atoms with Crippen molar-refractivity contribution >= 4 is 23.6 Å². The highest BCUT2D eigenvalue weighted by molar-refractivity contribution is 6.30. The van der Waals surface area contributed by atoms with E-state index in [0.717, 1.165) is 17.7 Å². The number of piperazine rings is 1. The summed E-state index contributed by atoms with van der Waals surface area (Å²) in [6, 6.07) is 16.2. The summed E-state index contributed by atoms with van der Waals surface area (Å²) in [4.78, 5) is 31.5. The Morgan fingerprint density at radius 3 is 2.35 bits per heavy atom. The van der Waals surface area contributed by atoms with E-state index >= 15 is 0 Å². The number of hydrogen-bond donors (Lipinski definition) is 2. The van der Waals surface area contributed by atoms with Gasteiger partial charge in [0.2, 0.25) is 5.91 Å². The summed E-state index contributed by atoms with van der Waals surface area (Å²) >= 11 is 6.30. The number of carboxylic acid groups (broad SMARTS) is 1. The van der Waals surface area contributed by atoms with E-state index in [2.05, 4.69) is 15.1 Å². The van der Waals surface area contributed by atoms with Crippen LogP contribution in [-0.4, -0.2) is 90.3 Å². The second-order valence-corrected chi connectivity index (χ2v) is 12.3. The maximum Gasteiger partial charge on any atom is 0.405 e. The third-order valence-corrected chi connectivity index (χ3v) is 9.25. The van der Waals surface area contributed by atoms with Crippen LogP contribution in [0.5, 0.6) is 5.75 Å². The Labute approximate surface area is 273 Å². The number of piperidine rings is 1. The average molecular weight is 655 g/mol. The number of nitrogens with one attached hydrogen (secondary N) is 1. The number of carbonyl (C=O) groups is 2. The van der Waals surface area contributed by atoms with E-state index in [1.54, 1.807) is 35.2 Å². The monoisotopic (exact) mass is 654 g/mol. The molecule has 2 N–H and O–H groups in total. The number of likely N-dealkylation sites (tertiary alicyclic amines) is 1. The van der Waals surface area contributed by atoms with Gasteiger partial charge in [-0.25, -0.2) is 13.6 Å². The van der Waals surface area contributed by atoms with E-state index < -0.39 is 12.1 Å². The van der Waals surface area contributed by atoms with Crippen LogP contribution in [0.15, 0.2) is 60.7 Å². The lowest BCUT2D eigenvalue weighted by atomic mass is 9.88. The third-order valence-electron chi connectivity index (χ3n) is 9.02. The van der Waals surface area contributed by atoms with Crippen LogP contribution >= 0.6 is 11.6 Å². The fourth-order valence-electron chi connectivity index (χ4n) is 6.54. The van der Waals surface area contributed by atoms with E-state index in [1.807, 2.05) is 25.1 Å². The molecule has 0 saturated carbocycles. The fraction of sp³-hybridized carbons (Fsp3) is 0.429. The normalized spacial score (nSPS) is 17.1. The lowest BCUT2D eigenvalue weighted by Gasteiger charge is -2.40. The molecular weight excluding hydrogens is 614 g/mol. The zero-order chi connectivity index (χ0) is 32.6. The molecule has 8 nitrogen and oxygen atoms in total. The molecule has 0 aliphatic carbocycles. The van der Waals surface area contributed by atoms with E-state index in [4.69, 9.17) is 16.3 Å². The van der Waals surface area contributed by atoms with Crippen LogP contribution < -0.4 is 10.1 Å². The Morgan fingerprint density at radius 1 is 0.935 bits per heavy atom. The van der Waals surface area contributed by atoms with Crippen molar-refractivity contribution in [3.05, 3.63) is 88.4 Å². The molecule has 3 aromatic rings. The van der Waals surface area contributed by atoms with Gasteiger partial charge in [0.25, 0.3) is 0 Å². The second-order valence-electron chi connectivity index (χ2n) is 11.9. The van der Waals surface area contributed by atoms with Gasteiger partial charge in [0.15, 0.2) is 0 Å². The Morgan fingerprint density at radius 2 is 1.65 bits per heavy atom. The molecule has 0 radical (unpaired) electrons. The molecule has 2 saturated heterocycles. The number of hydrogen-bond acceptors (Lipinski definition) is 5. The molecule has 5 rings (SSSR count). The first-order valence-corrected chi connectivity index (χ1v) is 16.3. The smallest absolute Gasteiger partial charge is 0.405 e. The van der Waals surface area contributed by atoms with E-state index in [9.17, 15) is 23.5 Å². The van der Waals surface area contributed by atoms with Gasteiger partial charge in [-0.2, -0.15) is 0 Å². The van der Waals surface area contributed by atoms with Crippen LogP contribution in [0.3, 0.4) is 0 Å². The highest BCUT2D eigenvalue weighted by Crippen LogP contribution is 2.30. The highest BCUT2D eigenvalue weighted by atomic mass is 35.5. The number of amides is 2. The molecule has 2 fully saturated rings. The van der Waals surface area contributed by atoms with Crippen molar-refractivity contribution in [1.29, 1.82) is 0 Å². The Bertz CT molecular complexity index is 1510. The Kier molecular flexibility index (Phi) is 11.5. The molecule has 0 aromatic heterocycles. The summed E-state index contributed by atoms with van der Waals surface area (Å²) in [5, 5.41) is 12.7. The predicted molar refractivity (Wildman–Crippen MR) is 174 cm³/mol. The summed E-state index contributed by atoms with van der Waals surface area (Å²) in [5.41, 5.74) is 2.82. The number of rotatable bonds is 11. The van der Waals surface area contributed by atoms with Crippen LogP contribution in [-0.2, 0) is 17.8 Å². The van der Waals surface area contributed by atoms with Gasteiger partial charge in [-0.05, 0) is 86.7 Å². The molecule has 1 atom stereocenters. The van der Waals surface area contributed by atoms with Crippen molar-refractivity contribution in [2.75, 3.05) is 52.4 Å². The summed E-state index contributed by atoms with van der Waals surface area (Å²) < 4.78 is 34.8. The van der Waals surface area contributed by atoms with Crippen LogP contribution in [0.4, 0.5) is 13.6 Å². The van der Waals surface area contributed by atoms with Crippen molar-refractivity contribution < 1.29 is 28.2 Å². The zero-order valence-corrected chi connectivity index (χ0v) is 26.8. The molecule has 0 spiro atoms. The molecule has 2 heterocycles. The van der Waals surface area contributed by atoms with Gasteiger partial charge < -0.3 is 25.0 Å². The van der Waals surface area contributed by atoms with E-state index in [0.29, 0.717) is 93.6 Å². The fourth-order valence-corrected chi connectivity index (χ4v) is 6.74. The standard InChI is InChI=1S/C35H41ClF2N4O4/c1-2-46-32-9-5-8-31(38)29(32)23-41-18-20-42(21-19-41)34(43)33(39-35(44)45)24-12-15-40(16-13-24)17-14-25-22-26(36)10-11-27(25)28-6-3-4-7-30(28)37/h3-11,22,24,33,39H,2,12-21,23H2,1H3,(H,44,45)/t33-/m1/s1. The van der Waals surface area contributed by atoms with Crippen molar-refractivity contribution in [1.82, 2.24) is 20.0 Å². The molecular formula is C35H41ClF2N4O4. The SMILES string of the molecule is CCOc1cccc(F)c1CN1CCN(C(=O)[C@H](NC(=O)O)C2CCN(CCc3cc(Cl)ccc3-c3ccccc3F)CC2)CC1. The topological polar surface area (TPSA) is 85.3 Å². The number of benzene rings is 3. The summed E-state index contributed by atoms with van der Waals surface area (Å²) in [5.74, 6) is -0.424. The maximum atomic E-state index is 14.6. The number of nitrogens with zero attached hydrogens (tertiary/aromatic N) is 3. The van der Waals surface area contributed by atoms with Crippen LogP contribution in [0.2, 0.25) is 5.02 Å². The van der Waals surface area contributed by atoms with Crippen molar-refractivity contribution in [3.8, 4) is 16.9 Å². The largest absolute Gasteiger partial charge is 0.493 e. The first-order valence-electron chi connectivity index (χ1n) is 15.9. The van der Waals surface area contributed by atoms with Crippen LogP contribution in [0, 0.1) is 17.6 Å². The minimum absolute atomic E-state index is 0.134. The second kappa shape index (κ2) is 15.7. The molecule has 0 unspecified atom stereocenters. The first kappa shape index (κ1) is 33.6. The van der Waals surface area contributed by atoms with Gasteiger partial charge in [-0.1, -0.05) is 41.9 Å². The maximum absolute atomic E-state index is 14.6. The van der Waals surface area contributed by atoms with Gasteiger partial charge in [0.1, 0.15) is 23.4 Å². The summed E-state index contributed by atoms with van der Waals surface area (Å²) in [7, 11) is 0. The molecule has 2 amide bonds. The average Bonchev–Trinajstić information content (AvgIpc) is 3.05. The molecule has 3 aromatic carbocycles. The Balaban J connectivity index is 1.16. The quantitative estimate of drug-likeness (QED) is 0.267. The molecule has 11 heteroatoms. The van der Waals surface area contributed by atoms with Crippen LogP contribution in [0.1, 0.15) is 30.9 Å². The predicted octanol–water partition coefficient (Wildman–Crippen LogP) is 5.92. The summed E-state index contributed by atoms with van der Waals surface area (Å²) in [6.07, 6.45) is 0.789. The van der Waals surface area contributed by atoms with E-state index in [1.165, 1.54) is 12.1 Å². The van der Waals surface area contributed by atoms with Crippen molar-refractivity contribution in [3.63, 3.8) is 0 Å². The number of carbonyl (C=O) groups excluding carboxylic acids is 1. The summed E-state index contributed by atoms with van der Waals surface area (Å²) in [6.45, 7) is 6.77. The highest BCUT2D eigenvalue weighted by Gasteiger charge is 2.36. The molecule has 2 aliphatic heterocycles.